The second kappa shape index (κ2) is 3.73. The summed E-state index contributed by atoms with van der Waals surface area (Å²) in [5.74, 6) is -0.345. The van der Waals surface area contributed by atoms with Crippen LogP contribution in [0, 0.1) is 0 Å². The minimum Gasteiger partial charge on any atom is -0.462 e. The third kappa shape index (κ3) is 1.86. The number of anilines is 1. The third-order valence-corrected chi connectivity index (χ3v) is 2.24. The summed E-state index contributed by atoms with van der Waals surface area (Å²) in [6.45, 7) is 2.03. The Morgan fingerprint density at radius 3 is 2.92 bits per heavy atom. The molecule has 1 rings (SSSR count). The van der Waals surface area contributed by atoms with Crippen LogP contribution in [0.1, 0.15) is 16.6 Å². The van der Waals surface area contributed by atoms with Crippen molar-refractivity contribution in [1.29, 1.82) is 0 Å². The molecule has 0 spiro atoms. The van der Waals surface area contributed by atoms with Crippen LogP contribution in [0.25, 0.3) is 0 Å². The zero-order chi connectivity index (χ0) is 9.14. The quantitative estimate of drug-likeness (QED) is 0.746. The van der Waals surface area contributed by atoms with Crippen molar-refractivity contribution in [2.75, 3.05) is 12.3 Å². The van der Waals surface area contributed by atoms with Gasteiger partial charge >= 0.3 is 5.97 Å². The molecule has 0 unspecified atom stereocenters. The summed E-state index contributed by atoms with van der Waals surface area (Å²) in [6.07, 6.45) is 0. The highest BCUT2D eigenvalue weighted by Crippen LogP contribution is 2.24. The van der Waals surface area contributed by atoms with E-state index >= 15 is 0 Å². The lowest BCUT2D eigenvalue weighted by Gasteiger charge is -1.97. The molecule has 0 bridgehead atoms. The van der Waals surface area contributed by atoms with Gasteiger partial charge in [0.05, 0.1) is 6.61 Å². The molecule has 6 heteroatoms. The van der Waals surface area contributed by atoms with Gasteiger partial charge in [0.15, 0.2) is 15.2 Å². The first-order chi connectivity index (χ1) is 5.65. The Morgan fingerprint density at radius 2 is 2.50 bits per heavy atom. The minimum absolute atomic E-state index is 0.128. The molecule has 0 fully saturated rings. The molecule has 1 aromatic heterocycles. The van der Waals surface area contributed by atoms with Crippen LogP contribution in [0.5, 0.6) is 0 Å². The molecule has 1 heterocycles. The van der Waals surface area contributed by atoms with Crippen LogP contribution >= 0.6 is 22.9 Å². The maximum atomic E-state index is 11.1. The number of aromatic nitrogens is 1. The average molecular weight is 207 g/mol. The summed E-state index contributed by atoms with van der Waals surface area (Å²) in [5, 5.41) is 0. The lowest BCUT2D eigenvalue weighted by atomic mass is 10.5. The van der Waals surface area contributed by atoms with Crippen LogP contribution in [0.3, 0.4) is 0 Å². The van der Waals surface area contributed by atoms with Crippen LogP contribution in [-0.4, -0.2) is 17.6 Å². The van der Waals surface area contributed by atoms with Crippen molar-refractivity contribution in [1.82, 2.24) is 4.98 Å². The number of rotatable bonds is 2. The van der Waals surface area contributed by atoms with Crippen molar-refractivity contribution in [2.24, 2.45) is 0 Å². The smallest absolute Gasteiger partial charge is 0.352 e. The van der Waals surface area contributed by atoms with Gasteiger partial charge < -0.3 is 10.5 Å². The van der Waals surface area contributed by atoms with E-state index in [2.05, 4.69) is 4.98 Å². The number of nitrogens with two attached hydrogens (primary N) is 1. The van der Waals surface area contributed by atoms with E-state index in [9.17, 15) is 4.79 Å². The van der Waals surface area contributed by atoms with Crippen molar-refractivity contribution in [3.8, 4) is 0 Å². The van der Waals surface area contributed by atoms with Crippen LogP contribution in [-0.2, 0) is 4.74 Å². The molecular formula is C6H7ClN2O2S. The first-order valence-electron chi connectivity index (χ1n) is 3.24. The zero-order valence-corrected chi connectivity index (χ0v) is 7.91. The lowest BCUT2D eigenvalue weighted by molar-refractivity contribution is 0.0533. The number of halogens is 1. The van der Waals surface area contributed by atoms with E-state index in [-0.39, 0.29) is 15.2 Å². The van der Waals surface area contributed by atoms with Gasteiger partial charge in [-0.3, -0.25) is 0 Å². The Balaban J connectivity index is 2.87. The molecule has 0 aromatic carbocycles. The minimum atomic E-state index is -0.473. The molecule has 0 aliphatic rings. The van der Waals surface area contributed by atoms with E-state index in [4.69, 9.17) is 22.1 Å². The van der Waals surface area contributed by atoms with Crippen LogP contribution < -0.4 is 5.73 Å². The molecular weight excluding hydrogens is 200 g/mol. The van der Waals surface area contributed by atoms with Crippen molar-refractivity contribution < 1.29 is 9.53 Å². The SMILES string of the molecule is CCOC(=O)c1sc(Cl)nc1N. The van der Waals surface area contributed by atoms with Crippen molar-refractivity contribution in [2.45, 2.75) is 6.92 Å². The van der Waals surface area contributed by atoms with Gasteiger partial charge in [-0.15, -0.1) is 0 Å². The maximum Gasteiger partial charge on any atom is 0.352 e. The molecule has 0 aliphatic heterocycles. The Labute approximate surface area is 78.3 Å². The lowest BCUT2D eigenvalue weighted by Crippen LogP contribution is -2.05. The predicted octanol–water partition coefficient (Wildman–Crippen LogP) is 1.56. The highest BCUT2D eigenvalue weighted by Gasteiger charge is 2.15. The van der Waals surface area contributed by atoms with E-state index in [0.717, 1.165) is 11.3 Å². The fourth-order valence-corrected chi connectivity index (χ4v) is 1.58. The Hall–Kier alpha value is -0.810. The zero-order valence-electron chi connectivity index (χ0n) is 6.33. The first kappa shape index (κ1) is 9.28. The van der Waals surface area contributed by atoms with Gasteiger partial charge in [-0.05, 0) is 6.92 Å². The van der Waals surface area contributed by atoms with Gasteiger partial charge in [-0.25, -0.2) is 9.78 Å². The summed E-state index contributed by atoms with van der Waals surface area (Å²) in [6, 6.07) is 0. The molecule has 1 aromatic rings. The number of nitrogen functional groups attached to an aromatic ring is 1. The summed E-state index contributed by atoms with van der Waals surface area (Å²) >= 11 is 6.55. The molecule has 12 heavy (non-hydrogen) atoms. The van der Waals surface area contributed by atoms with E-state index in [1.807, 2.05) is 0 Å². The van der Waals surface area contributed by atoms with Gasteiger partial charge in [0.25, 0.3) is 0 Å². The van der Waals surface area contributed by atoms with E-state index in [1.165, 1.54) is 0 Å². The summed E-state index contributed by atoms with van der Waals surface area (Å²) in [5.41, 5.74) is 5.39. The molecule has 66 valence electrons. The van der Waals surface area contributed by atoms with E-state index < -0.39 is 5.97 Å². The average Bonchev–Trinajstić information content (AvgIpc) is 2.30. The predicted molar refractivity (Wildman–Crippen MR) is 47.5 cm³/mol. The van der Waals surface area contributed by atoms with Gasteiger partial charge in [0.1, 0.15) is 0 Å². The summed E-state index contributed by atoms with van der Waals surface area (Å²) in [7, 11) is 0. The van der Waals surface area contributed by atoms with Gasteiger partial charge in [0, 0.05) is 0 Å². The fourth-order valence-electron chi connectivity index (χ4n) is 0.648. The van der Waals surface area contributed by atoms with Gasteiger partial charge in [-0.1, -0.05) is 22.9 Å². The molecule has 2 N–H and O–H groups in total. The number of hydrogen-bond donors (Lipinski definition) is 1. The fraction of sp³-hybridized carbons (Fsp3) is 0.333. The normalized spacial score (nSPS) is 9.83. The molecule has 0 atom stereocenters. The van der Waals surface area contributed by atoms with Gasteiger partial charge in [0.2, 0.25) is 0 Å². The first-order valence-corrected chi connectivity index (χ1v) is 4.43. The Kier molecular flexibility index (Phi) is 2.88. The number of carbonyl (C=O) groups excluding carboxylic acids is 1. The highest BCUT2D eigenvalue weighted by atomic mass is 35.5. The number of hydrogen-bond acceptors (Lipinski definition) is 5. The number of ether oxygens (including phenoxy) is 1. The molecule has 0 saturated heterocycles. The molecule has 4 nitrogen and oxygen atoms in total. The summed E-state index contributed by atoms with van der Waals surface area (Å²) in [4.78, 5) is 15.0. The van der Waals surface area contributed by atoms with E-state index in [0.29, 0.717) is 6.61 Å². The van der Waals surface area contributed by atoms with Crippen LogP contribution in [0.15, 0.2) is 0 Å². The maximum absolute atomic E-state index is 11.1. The van der Waals surface area contributed by atoms with E-state index in [1.54, 1.807) is 6.92 Å². The molecule has 0 saturated carbocycles. The third-order valence-electron chi connectivity index (χ3n) is 1.09. The van der Waals surface area contributed by atoms with Crippen molar-refractivity contribution >= 4 is 34.7 Å². The Bertz CT molecular complexity index is 300. The van der Waals surface area contributed by atoms with Gasteiger partial charge in [-0.2, -0.15) is 0 Å². The van der Waals surface area contributed by atoms with Crippen LogP contribution in [0.4, 0.5) is 5.82 Å². The highest BCUT2D eigenvalue weighted by molar-refractivity contribution is 7.18. The molecule has 0 radical (unpaired) electrons. The number of thiazole rings is 1. The second-order valence-electron chi connectivity index (χ2n) is 1.90. The molecule has 0 amide bonds. The Morgan fingerprint density at radius 1 is 1.83 bits per heavy atom. The summed E-state index contributed by atoms with van der Waals surface area (Å²) < 4.78 is 4.96. The molecule has 0 aliphatic carbocycles. The monoisotopic (exact) mass is 206 g/mol. The van der Waals surface area contributed by atoms with Crippen molar-refractivity contribution in [3.63, 3.8) is 0 Å². The van der Waals surface area contributed by atoms with Crippen molar-refractivity contribution in [3.05, 3.63) is 9.34 Å². The number of carbonyl (C=O) groups is 1. The largest absolute Gasteiger partial charge is 0.462 e. The standard InChI is InChI=1S/C6H7ClN2O2S/c1-2-11-5(10)3-4(8)9-6(7)12-3/h2,8H2,1H3. The topological polar surface area (TPSA) is 65.2 Å². The van der Waals surface area contributed by atoms with Crippen LogP contribution in [0.2, 0.25) is 4.47 Å². The number of nitrogens with zero attached hydrogens (tertiary/aromatic N) is 1. The second-order valence-corrected chi connectivity index (χ2v) is 3.48. The number of esters is 1.